The van der Waals surface area contributed by atoms with Crippen LogP contribution in [0.3, 0.4) is 0 Å². The average molecular weight is 331 g/mol. The first kappa shape index (κ1) is 15.4. The van der Waals surface area contributed by atoms with Crippen LogP contribution in [-0.4, -0.2) is 25.0 Å². The number of benzene rings is 2. The van der Waals surface area contributed by atoms with Crippen LogP contribution in [0.25, 0.3) is 17.0 Å². The van der Waals surface area contributed by atoms with Crippen LogP contribution in [0.5, 0.6) is 11.5 Å². The molecule has 25 heavy (non-hydrogen) atoms. The molecule has 0 unspecified atom stereocenters. The molecule has 1 aromatic heterocycles. The predicted octanol–water partition coefficient (Wildman–Crippen LogP) is 4.07. The highest BCUT2D eigenvalue weighted by atomic mass is 16.5. The first-order valence-corrected chi connectivity index (χ1v) is 8.04. The van der Waals surface area contributed by atoms with Gasteiger partial charge in [0.15, 0.2) is 17.3 Å². The number of hydrogen-bond acceptors (Lipinski definition) is 4. The Bertz CT molecular complexity index is 1020. The van der Waals surface area contributed by atoms with Crippen molar-refractivity contribution in [3.63, 3.8) is 0 Å². The highest BCUT2D eigenvalue weighted by Gasteiger charge is 2.27. The molecule has 4 nitrogen and oxygen atoms in total. The quantitative estimate of drug-likeness (QED) is 0.679. The van der Waals surface area contributed by atoms with Crippen molar-refractivity contribution < 1.29 is 14.3 Å². The molecule has 1 aliphatic rings. The molecule has 0 amide bonds. The molecule has 0 atom stereocenters. The van der Waals surface area contributed by atoms with E-state index in [1.807, 2.05) is 42.5 Å². The minimum absolute atomic E-state index is 0.0437. The molecule has 0 fully saturated rings. The van der Waals surface area contributed by atoms with Gasteiger partial charge < -0.3 is 9.47 Å². The number of carbonyl (C=O) groups excluding carboxylic acids is 1. The van der Waals surface area contributed by atoms with E-state index in [1.165, 1.54) is 0 Å². The number of methoxy groups -OCH3 is 2. The minimum atomic E-state index is 0.0437. The molecule has 1 heterocycles. The largest absolute Gasteiger partial charge is 0.493 e. The summed E-state index contributed by atoms with van der Waals surface area (Å²) in [6.07, 6.45) is 4.33. The van der Waals surface area contributed by atoms with Gasteiger partial charge in [0.05, 0.1) is 19.7 Å². The molecule has 3 aromatic rings. The third kappa shape index (κ3) is 2.66. The number of fused-ring (bicyclic) bond motifs is 2. The van der Waals surface area contributed by atoms with Gasteiger partial charge in [-0.15, -0.1) is 0 Å². The summed E-state index contributed by atoms with van der Waals surface area (Å²) < 4.78 is 10.6. The number of hydrogen-bond donors (Lipinski definition) is 0. The van der Waals surface area contributed by atoms with E-state index >= 15 is 0 Å². The fourth-order valence-corrected chi connectivity index (χ4v) is 3.24. The van der Waals surface area contributed by atoms with Crippen molar-refractivity contribution in [2.45, 2.75) is 6.42 Å². The lowest BCUT2D eigenvalue weighted by Gasteiger charge is -2.08. The third-order valence-electron chi connectivity index (χ3n) is 4.49. The summed E-state index contributed by atoms with van der Waals surface area (Å²) in [5.41, 5.74) is 4.37. The molecule has 0 N–H and O–H groups in total. The minimum Gasteiger partial charge on any atom is -0.493 e. The summed E-state index contributed by atoms with van der Waals surface area (Å²) >= 11 is 0. The molecular formula is C21H17NO3. The Balaban J connectivity index is 1.73. The molecule has 0 saturated carbocycles. The highest BCUT2D eigenvalue weighted by molar-refractivity contribution is 6.16. The maximum absolute atomic E-state index is 12.8. The van der Waals surface area contributed by atoms with Crippen molar-refractivity contribution in [1.82, 2.24) is 4.98 Å². The SMILES string of the molecule is COc1cc2c(cc1OC)C(=O)/C(=C\c1ccc3ncccc3c1)C2. The van der Waals surface area contributed by atoms with Crippen LogP contribution in [0.15, 0.2) is 54.2 Å². The number of ketones is 1. The monoisotopic (exact) mass is 331 g/mol. The second-order valence-electron chi connectivity index (χ2n) is 6.00. The van der Waals surface area contributed by atoms with Crippen molar-refractivity contribution in [2.75, 3.05) is 14.2 Å². The molecule has 0 radical (unpaired) electrons. The molecule has 4 heteroatoms. The van der Waals surface area contributed by atoms with E-state index in [1.54, 1.807) is 26.5 Å². The van der Waals surface area contributed by atoms with E-state index in [9.17, 15) is 4.79 Å². The number of nitrogens with zero attached hydrogens (tertiary/aromatic N) is 1. The van der Waals surface area contributed by atoms with Crippen molar-refractivity contribution in [3.05, 3.63) is 70.9 Å². The third-order valence-corrected chi connectivity index (χ3v) is 4.49. The smallest absolute Gasteiger partial charge is 0.189 e. The first-order valence-electron chi connectivity index (χ1n) is 8.04. The summed E-state index contributed by atoms with van der Waals surface area (Å²) in [6, 6.07) is 13.6. The standard InChI is InChI=1S/C21H17NO3/c1-24-19-11-15-10-16(21(23)17(15)12-20(19)25-2)9-13-5-6-18-14(8-13)4-3-7-22-18/h3-9,11-12H,10H2,1-2H3/b16-9-. The van der Waals surface area contributed by atoms with Crippen LogP contribution in [0.2, 0.25) is 0 Å². The molecule has 0 bridgehead atoms. The maximum Gasteiger partial charge on any atom is 0.189 e. The van der Waals surface area contributed by atoms with Crippen molar-refractivity contribution in [2.24, 2.45) is 0 Å². The molecule has 2 aromatic carbocycles. The lowest BCUT2D eigenvalue weighted by molar-refractivity contribution is 0.104. The van der Waals surface area contributed by atoms with E-state index < -0.39 is 0 Å². The van der Waals surface area contributed by atoms with Gasteiger partial charge in [0, 0.05) is 29.1 Å². The van der Waals surface area contributed by atoms with Crippen molar-refractivity contribution in [1.29, 1.82) is 0 Å². The summed E-state index contributed by atoms with van der Waals surface area (Å²) in [7, 11) is 3.17. The van der Waals surface area contributed by atoms with Crippen molar-refractivity contribution >= 4 is 22.8 Å². The van der Waals surface area contributed by atoms with Gasteiger partial charge in [-0.3, -0.25) is 9.78 Å². The Morgan fingerprint density at radius 2 is 1.84 bits per heavy atom. The van der Waals surface area contributed by atoms with Gasteiger partial charge in [-0.2, -0.15) is 0 Å². The zero-order valence-corrected chi connectivity index (χ0v) is 14.1. The Morgan fingerprint density at radius 3 is 2.64 bits per heavy atom. The topological polar surface area (TPSA) is 48.4 Å². The van der Waals surface area contributed by atoms with Gasteiger partial charge in [0.1, 0.15) is 0 Å². The fourth-order valence-electron chi connectivity index (χ4n) is 3.24. The van der Waals surface area contributed by atoms with Crippen LogP contribution in [-0.2, 0) is 6.42 Å². The summed E-state index contributed by atoms with van der Waals surface area (Å²) in [5.74, 6) is 1.27. The number of Topliss-reactive ketones (excluding diaryl/α,β-unsaturated/α-hetero) is 1. The normalized spacial score (nSPS) is 14.8. The number of pyridine rings is 1. The Morgan fingerprint density at radius 1 is 1.04 bits per heavy atom. The maximum atomic E-state index is 12.8. The van der Waals surface area contributed by atoms with Crippen LogP contribution in [0.4, 0.5) is 0 Å². The zero-order chi connectivity index (χ0) is 17.4. The van der Waals surface area contributed by atoms with E-state index in [0.29, 0.717) is 23.5 Å². The summed E-state index contributed by atoms with van der Waals surface area (Å²) in [5, 5.41) is 1.06. The second kappa shape index (κ2) is 6.06. The van der Waals surface area contributed by atoms with E-state index in [2.05, 4.69) is 4.98 Å². The number of allylic oxidation sites excluding steroid dienone is 1. The molecule has 0 aliphatic heterocycles. The van der Waals surface area contributed by atoms with Crippen LogP contribution in [0.1, 0.15) is 21.5 Å². The molecular weight excluding hydrogens is 314 g/mol. The summed E-state index contributed by atoms with van der Waals surface area (Å²) in [4.78, 5) is 17.1. The number of rotatable bonds is 3. The van der Waals surface area contributed by atoms with Gasteiger partial charge in [0.25, 0.3) is 0 Å². The van der Waals surface area contributed by atoms with Crippen LogP contribution in [0, 0.1) is 0 Å². The van der Waals surface area contributed by atoms with Gasteiger partial charge in [-0.05, 0) is 47.5 Å². The molecule has 1 aliphatic carbocycles. The lowest BCUT2D eigenvalue weighted by atomic mass is 10.1. The number of carbonyl (C=O) groups is 1. The molecule has 124 valence electrons. The Labute approximate surface area is 145 Å². The molecule has 0 spiro atoms. The fraction of sp³-hybridized carbons (Fsp3) is 0.143. The number of aromatic nitrogens is 1. The van der Waals surface area contributed by atoms with E-state index in [-0.39, 0.29) is 5.78 Å². The highest BCUT2D eigenvalue weighted by Crippen LogP contribution is 2.37. The first-order chi connectivity index (χ1) is 12.2. The van der Waals surface area contributed by atoms with Crippen molar-refractivity contribution in [3.8, 4) is 11.5 Å². The van der Waals surface area contributed by atoms with Gasteiger partial charge >= 0.3 is 0 Å². The van der Waals surface area contributed by atoms with E-state index in [4.69, 9.17) is 9.47 Å². The Hall–Kier alpha value is -3.14. The van der Waals surface area contributed by atoms with Gasteiger partial charge in [-0.25, -0.2) is 0 Å². The van der Waals surface area contributed by atoms with E-state index in [0.717, 1.165) is 27.6 Å². The summed E-state index contributed by atoms with van der Waals surface area (Å²) in [6.45, 7) is 0. The van der Waals surface area contributed by atoms with Crippen LogP contribution >= 0.6 is 0 Å². The second-order valence-corrected chi connectivity index (χ2v) is 6.00. The molecule has 0 saturated heterocycles. The van der Waals surface area contributed by atoms with Gasteiger partial charge in [-0.1, -0.05) is 12.1 Å². The predicted molar refractivity (Wildman–Crippen MR) is 97.3 cm³/mol. The van der Waals surface area contributed by atoms with Crippen LogP contribution < -0.4 is 9.47 Å². The average Bonchev–Trinajstić information content (AvgIpc) is 2.95. The zero-order valence-electron chi connectivity index (χ0n) is 14.1. The lowest BCUT2D eigenvalue weighted by Crippen LogP contribution is -1.97. The Kier molecular flexibility index (Phi) is 3.73. The van der Waals surface area contributed by atoms with Gasteiger partial charge in [0.2, 0.25) is 0 Å². The molecule has 4 rings (SSSR count). The number of ether oxygens (including phenoxy) is 2.